The van der Waals surface area contributed by atoms with E-state index in [-0.39, 0.29) is 17.7 Å². The molecule has 3 rings (SSSR count). The Morgan fingerprint density at radius 2 is 1.68 bits per heavy atom. The zero-order valence-corrected chi connectivity index (χ0v) is 15.7. The average Bonchev–Trinajstić information content (AvgIpc) is 3.27. The first kappa shape index (κ1) is 19.4. The first-order valence-corrected chi connectivity index (χ1v) is 9.20. The molecule has 7 heteroatoms. The summed E-state index contributed by atoms with van der Waals surface area (Å²) in [6, 6.07) is 12.1. The fourth-order valence-corrected chi connectivity index (χ4v) is 3.02. The van der Waals surface area contributed by atoms with Crippen molar-refractivity contribution in [2.45, 2.75) is 13.0 Å². The van der Waals surface area contributed by atoms with Crippen LogP contribution >= 0.6 is 0 Å². The number of benzene rings is 1. The third-order valence-electron chi connectivity index (χ3n) is 4.57. The summed E-state index contributed by atoms with van der Waals surface area (Å²) in [7, 11) is 0. The molecule has 1 fully saturated rings. The highest BCUT2D eigenvalue weighted by Gasteiger charge is 2.28. The molecule has 1 aromatic carbocycles. The van der Waals surface area contributed by atoms with Crippen molar-refractivity contribution in [3.63, 3.8) is 0 Å². The predicted molar refractivity (Wildman–Crippen MR) is 104 cm³/mol. The van der Waals surface area contributed by atoms with E-state index in [0.29, 0.717) is 31.9 Å². The zero-order chi connectivity index (χ0) is 19.9. The molecule has 0 saturated carbocycles. The van der Waals surface area contributed by atoms with Gasteiger partial charge in [0.15, 0.2) is 5.76 Å². The van der Waals surface area contributed by atoms with Crippen LogP contribution in [0.1, 0.15) is 23.0 Å². The third-order valence-corrected chi connectivity index (χ3v) is 4.57. The molecule has 1 aliphatic rings. The van der Waals surface area contributed by atoms with E-state index in [2.05, 4.69) is 5.32 Å². The van der Waals surface area contributed by atoms with Gasteiger partial charge in [-0.1, -0.05) is 30.3 Å². The van der Waals surface area contributed by atoms with Crippen molar-refractivity contribution in [1.82, 2.24) is 15.1 Å². The third kappa shape index (κ3) is 4.88. The Morgan fingerprint density at radius 3 is 2.32 bits per heavy atom. The molecule has 1 unspecified atom stereocenters. The zero-order valence-electron chi connectivity index (χ0n) is 15.7. The Hall–Kier alpha value is -3.35. The molecule has 1 saturated heterocycles. The van der Waals surface area contributed by atoms with Gasteiger partial charge < -0.3 is 19.5 Å². The van der Waals surface area contributed by atoms with Crippen LogP contribution in [0.5, 0.6) is 0 Å². The predicted octanol–water partition coefficient (Wildman–Crippen LogP) is 1.78. The highest BCUT2D eigenvalue weighted by molar-refractivity contribution is 5.95. The average molecular weight is 381 g/mol. The summed E-state index contributed by atoms with van der Waals surface area (Å²) in [5, 5.41) is 2.69. The molecular formula is C21H23N3O4. The topological polar surface area (TPSA) is 82.9 Å². The van der Waals surface area contributed by atoms with Gasteiger partial charge in [-0.05, 0) is 30.7 Å². The number of nitrogens with zero attached hydrogens (tertiary/aromatic N) is 2. The Bertz CT molecular complexity index is 838. The van der Waals surface area contributed by atoms with E-state index < -0.39 is 6.04 Å². The van der Waals surface area contributed by atoms with Gasteiger partial charge in [0.1, 0.15) is 6.04 Å². The lowest BCUT2D eigenvalue weighted by Crippen LogP contribution is -2.55. The minimum absolute atomic E-state index is 0.161. The number of carbonyl (C=O) groups excluding carboxylic acids is 3. The van der Waals surface area contributed by atoms with Gasteiger partial charge in [-0.3, -0.25) is 14.4 Å². The molecule has 7 nitrogen and oxygen atoms in total. The number of hydrogen-bond donors (Lipinski definition) is 1. The highest BCUT2D eigenvalue weighted by Crippen LogP contribution is 2.10. The van der Waals surface area contributed by atoms with Crippen LogP contribution in [0.25, 0.3) is 6.08 Å². The molecule has 28 heavy (non-hydrogen) atoms. The summed E-state index contributed by atoms with van der Waals surface area (Å²) in [6.45, 7) is 3.37. The summed E-state index contributed by atoms with van der Waals surface area (Å²) < 4.78 is 5.13. The number of amides is 3. The van der Waals surface area contributed by atoms with Crippen molar-refractivity contribution in [3.8, 4) is 0 Å². The van der Waals surface area contributed by atoms with E-state index in [1.165, 1.54) is 12.3 Å². The van der Waals surface area contributed by atoms with Gasteiger partial charge in [-0.2, -0.15) is 0 Å². The molecule has 1 aliphatic heterocycles. The Balaban J connectivity index is 1.47. The second kappa shape index (κ2) is 9.03. The summed E-state index contributed by atoms with van der Waals surface area (Å²) in [6.07, 6.45) is 4.58. The van der Waals surface area contributed by atoms with Crippen LogP contribution in [0.2, 0.25) is 0 Å². The van der Waals surface area contributed by atoms with Gasteiger partial charge >= 0.3 is 0 Å². The molecular weight excluding hydrogens is 358 g/mol. The molecule has 1 N–H and O–H groups in total. The summed E-state index contributed by atoms with van der Waals surface area (Å²) >= 11 is 0. The van der Waals surface area contributed by atoms with E-state index in [4.69, 9.17) is 4.42 Å². The van der Waals surface area contributed by atoms with Crippen LogP contribution < -0.4 is 5.32 Å². The van der Waals surface area contributed by atoms with Crippen molar-refractivity contribution in [2.75, 3.05) is 26.2 Å². The van der Waals surface area contributed by atoms with E-state index in [0.717, 1.165) is 5.56 Å². The van der Waals surface area contributed by atoms with Gasteiger partial charge in [0.25, 0.3) is 5.91 Å². The van der Waals surface area contributed by atoms with Crippen LogP contribution in [0, 0.1) is 0 Å². The van der Waals surface area contributed by atoms with Gasteiger partial charge in [-0.25, -0.2) is 0 Å². The second-order valence-corrected chi connectivity index (χ2v) is 6.57. The quantitative estimate of drug-likeness (QED) is 0.801. The first-order chi connectivity index (χ1) is 13.5. The highest BCUT2D eigenvalue weighted by atomic mass is 16.3. The monoisotopic (exact) mass is 381 g/mol. The van der Waals surface area contributed by atoms with Crippen molar-refractivity contribution >= 4 is 23.8 Å². The first-order valence-electron chi connectivity index (χ1n) is 9.20. The van der Waals surface area contributed by atoms with Crippen LogP contribution in [-0.2, 0) is 9.59 Å². The van der Waals surface area contributed by atoms with Gasteiger partial charge in [-0.15, -0.1) is 0 Å². The molecule has 0 radical (unpaired) electrons. The van der Waals surface area contributed by atoms with E-state index in [9.17, 15) is 14.4 Å². The van der Waals surface area contributed by atoms with Crippen molar-refractivity contribution < 1.29 is 18.8 Å². The number of piperazine rings is 1. The normalized spacial score (nSPS) is 15.5. The number of rotatable bonds is 5. The van der Waals surface area contributed by atoms with Crippen molar-refractivity contribution in [2.24, 2.45) is 0 Å². The number of carbonyl (C=O) groups is 3. The molecule has 2 heterocycles. The van der Waals surface area contributed by atoms with E-state index in [1.807, 2.05) is 30.3 Å². The van der Waals surface area contributed by atoms with Crippen LogP contribution in [0.4, 0.5) is 0 Å². The lowest BCUT2D eigenvalue weighted by atomic mass is 10.2. The molecule has 1 atom stereocenters. The molecule has 0 spiro atoms. The second-order valence-electron chi connectivity index (χ2n) is 6.57. The van der Waals surface area contributed by atoms with Crippen LogP contribution in [0.3, 0.4) is 0 Å². The standard InChI is InChI=1S/C21H23N3O4/c1-16(22-19(25)10-9-17-6-3-2-4-7-17)20(26)23-11-13-24(14-12-23)21(27)18-8-5-15-28-18/h2-10,15-16H,11-14H2,1H3,(H,22,25). The Labute approximate surface area is 163 Å². The van der Waals surface area contributed by atoms with Gasteiger partial charge in [0.05, 0.1) is 6.26 Å². The van der Waals surface area contributed by atoms with Crippen LogP contribution in [-0.4, -0.2) is 59.7 Å². The number of nitrogens with one attached hydrogen (secondary N) is 1. The maximum Gasteiger partial charge on any atom is 0.289 e. The van der Waals surface area contributed by atoms with Gasteiger partial charge in [0, 0.05) is 32.3 Å². The Morgan fingerprint density at radius 1 is 1.00 bits per heavy atom. The lowest BCUT2D eigenvalue weighted by molar-refractivity contribution is -0.136. The maximum atomic E-state index is 12.6. The molecule has 146 valence electrons. The van der Waals surface area contributed by atoms with Crippen molar-refractivity contribution in [3.05, 3.63) is 66.1 Å². The molecule has 1 aromatic heterocycles. The fourth-order valence-electron chi connectivity index (χ4n) is 3.02. The molecule has 0 aliphatic carbocycles. The molecule has 3 amide bonds. The SMILES string of the molecule is CC(NC(=O)C=Cc1ccccc1)C(=O)N1CCN(C(=O)c2ccco2)CC1. The van der Waals surface area contributed by atoms with Crippen molar-refractivity contribution in [1.29, 1.82) is 0 Å². The van der Waals surface area contributed by atoms with E-state index in [1.54, 1.807) is 34.9 Å². The fraction of sp³-hybridized carbons (Fsp3) is 0.286. The van der Waals surface area contributed by atoms with E-state index >= 15 is 0 Å². The smallest absolute Gasteiger partial charge is 0.289 e. The maximum absolute atomic E-state index is 12.6. The minimum Gasteiger partial charge on any atom is -0.459 e. The Kier molecular flexibility index (Phi) is 6.26. The van der Waals surface area contributed by atoms with Crippen LogP contribution in [0.15, 0.2) is 59.2 Å². The van der Waals surface area contributed by atoms with Gasteiger partial charge in [0.2, 0.25) is 11.8 Å². The number of hydrogen-bond acceptors (Lipinski definition) is 4. The largest absolute Gasteiger partial charge is 0.459 e. The summed E-state index contributed by atoms with van der Waals surface area (Å²) in [4.78, 5) is 40.2. The molecule has 2 aromatic rings. The minimum atomic E-state index is -0.639. The summed E-state index contributed by atoms with van der Waals surface area (Å²) in [5.74, 6) is -0.363. The lowest BCUT2D eigenvalue weighted by Gasteiger charge is -2.35. The molecule has 0 bridgehead atoms. The number of furan rings is 1. The summed E-state index contributed by atoms with van der Waals surface area (Å²) in [5.41, 5.74) is 0.911.